The lowest BCUT2D eigenvalue weighted by atomic mass is 10.3. The Labute approximate surface area is 106 Å². The van der Waals surface area contributed by atoms with E-state index in [-0.39, 0.29) is 0 Å². The molecule has 0 fully saturated rings. The molecule has 0 bridgehead atoms. The Morgan fingerprint density at radius 1 is 1.50 bits per heavy atom. The van der Waals surface area contributed by atoms with Gasteiger partial charge in [-0.2, -0.15) is 0 Å². The molecule has 0 unspecified atom stereocenters. The van der Waals surface area contributed by atoms with E-state index in [4.69, 9.17) is 12.2 Å². The zero-order chi connectivity index (χ0) is 11.4. The second-order valence-electron chi connectivity index (χ2n) is 3.70. The fourth-order valence-electron chi connectivity index (χ4n) is 1.71. The first-order valence-electron chi connectivity index (χ1n) is 5.60. The molecule has 1 N–H and O–H groups in total. The molecule has 0 amide bonds. The molecule has 1 heterocycles. The average molecular weight is 252 g/mol. The van der Waals surface area contributed by atoms with E-state index in [9.17, 15) is 0 Å². The summed E-state index contributed by atoms with van der Waals surface area (Å²) >= 11 is 7.33. The van der Waals surface area contributed by atoms with E-state index in [1.807, 2.05) is 11.8 Å². The number of anilines is 1. The molecule has 1 aromatic carbocycles. The molecular weight excluding hydrogens is 236 g/mol. The molecule has 4 heteroatoms. The van der Waals surface area contributed by atoms with Gasteiger partial charge in [0.2, 0.25) is 0 Å². The first kappa shape index (κ1) is 11.7. The quantitative estimate of drug-likeness (QED) is 0.814. The van der Waals surface area contributed by atoms with E-state index >= 15 is 0 Å². The Kier molecular flexibility index (Phi) is 4.07. The second kappa shape index (κ2) is 5.55. The molecule has 2 rings (SSSR count). The fraction of sp³-hybridized carbons (Fsp3) is 0.417. The molecule has 2 nitrogen and oxygen atoms in total. The Balaban J connectivity index is 2.15. The van der Waals surface area contributed by atoms with E-state index in [1.165, 1.54) is 10.6 Å². The normalized spacial score (nSPS) is 14.4. The summed E-state index contributed by atoms with van der Waals surface area (Å²) in [5.74, 6) is 1.10. The van der Waals surface area contributed by atoms with Crippen LogP contribution in [0.1, 0.15) is 13.3 Å². The van der Waals surface area contributed by atoms with Crippen LogP contribution in [0.4, 0.5) is 5.69 Å². The third-order valence-electron chi connectivity index (χ3n) is 2.50. The summed E-state index contributed by atoms with van der Waals surface area (Å²) in [6.45, 7) is 4.09. The minimum atomic E-state index is 0.856. The number of hydrogen-bond donors (Lipinski definition) is 1. The van der Waals surface area contributed by atoms with Gasteiger partial charge in [-0.05, 0) is 30.8 Å². The maximum Gasteiger partial charge on any atom is 0.173 e. The van der Waals surface area contributed by atoms with Gasteiger partial charge in [0.05, 0.1) is 5.69 Å². The number of fused-ring (bicyclic) bond motifs is 1. The standard InChI is InChI=1S/C12H16N2S2/c1-2-7-13-12(15)14-8-9-16-11-6-4-3-5-10(11)14/h3-6H,2,7-9H2,1H3,(H,13,15). The summed E-state index contributed by atoms with van der Waals surface area (Å²) < 4.78 is 0. The van der Waals surface area contributed by atoms with Gasteiger partial charge in [-0.15, -0.1) is 11.8 Å². The lowest BCUT2D eigenvalue weighted by molar-refractivity contribution is 0.827. The van der Waals surface area contributed by atoms with Crippen LogP contribution in [0.3, 0.4) is 0 Å². The zero-order valence-corrected chi connectivity index (χ0v) is 11.0. The minimum Gasteiger partial charge on any atom is -0.362 e. The van der Waals surface area contributed by atoms with Gasteiger partial charge in [0, 0.05) is 23.7 Å². The highest BCUT2D eigenvalue weighted by Crippen LogP contribution is 2.34. The van der Waals surface area contributed by atoms with Crippen molar-refractivity contribution in [3.8, 4) is 0 Å². The zero-order valence-electron chi connectivity index (χ0n) is 9.40. The van der Waals surface area contributed by atoms with Gasteiger partial charge in [-0.3, -0.25) is 0 Å². The van der Waals surface area contributed by atoms with Crippen LogP contribution in [-0.2, 0) is 0 Å². The number of nitrogens with one attached hydrogen (secondary N) is 1. The van der Waals surface area contributed by atoms with Crippen LogP contribution >= 0.6 is 24.0 Å². The summed E-state index contributed by atoms with van der Waals surface area (Å²) in [5, 5.41) is 4.15. The summed E-state index contributed by atoms with van der Waals surface area (Å²) in [4.78, 5) is 3.53. The lowest BCUT2D eigenvalue weighted by Gasteiger charge is -2.31. The summed E-state index contributed by atoms with van der Waals surface area (Å²) in [6.07, 6.45) is 1.10. The fourth-order valence-corrected chi connectivity index (χ4v) is 2.99. The van der Waals surface area contributed by atoms with Gasteiger partial charge in [-0.25, -0.2) is 0 Å². The first-order chi connectivity index (χ1) is 7.83. The highest BCUT2D eigenvalue weighted by atomic mass is 32.2. The average Bonchev–Trinajstić information content (AvgIpc) is 2.35. The maximum atomic E-state index is 5.42. The SMILES string of the molecule is CCCNC(=S)N1CCSc2ccccc21. The van der Waals surface area contributed by atoms with Gasteiger partial charge < -0.3 is 10.2 Å². The van der Waals surface area contributed by atoms with Gasteiger partial charge >= 0.3 is 0 Å². The Morgan fingerprint density at radius 2 is 2.31 bits per heavy atom. The van der Waals surface area contributed by atoms with Gasteiger partial charge in [0.1, 0.15) is 0 Å². The highest BCUT2D eigenvalue weighted by molar-refractivity contribution is 7.99. The van der Waals surface area contributed by atoms with Crippen molar-refractivity contribution in [2.75, 3.05) is 23.7 Å². The van der Waals surface area contributed by atoms with Crippen LogP contribution in [-0.4, -0.2) is 24.0 Å². The smallest absolute Gasteiger partial charge is 0.173 e. The van der Waals surface area contributed by atoms with Gasteiger partial charge in [0.15, 0.2) is 5.11 Å². The molecular formula is C12H16N2S2. The van der Waals surface area contributed by atoms with Gasteiger partial charge in [-0.1, -0.05) is 19.1 Å². The minimum absolute atomic E-state index is 0.856. The molecule has 86 valence electrons. The number of nitrogens with zero attached hydrogens (tertiary/aromatic N) is 1. The number of hydrogen-bond acceptors (Lipinski definition) is 2. The Bertz CT molecular complexity index is 379. The number of rotatable bonds is 2. The number of benzene rings is 1. The van der Waals surface area contributed by atoms with E-state index in [1.54, 1.807) is 0 Å². The molecule has 0 saturated heterocycles. The van der Waals surface area contributed by atoms with E-state index in [2.05, 4.69) is 41.4 Å². The van der Waals surface area contributed by atoms with E-state index in [0.29, 0.717) is 0 Å². The van der Waals surface area contributed by atoms with Crippen LogP contribution < -0.4 is 10.2 Å². The highest BCUT2D eigenvalue weighted by Gasteiger charge is 2.19. The van der Waals surface area contributed by atoms with Crippen LogP contribution in [0.2, 0.25) is 0 Å². The molecule has 0 atom stereocenters. The Hall–Kier alpha value is -0.740. The van der Waals surface area contributed by atoms with E-state index in [0.717, 1.165) is 30.4 Å². The molecule has 0 radical (unpaired) electrons. The van der Waals surface area contributed by atoms with Crippen molar-refractivity contribution in [1.82, 2.24) is 5.32 Å². The van der Waals surface area contributed by atoms with Crippen LogP contribution in [0, 0.1) is 0 Å². The molecule has 1 aliphatic heterocycles. The topological polar surface area (TPSA) is 15.3 Å². The third-order valence-corrected chi connectivity index (χ3v) is 3.91. The van der Waals surface area contributed by atoms with Crippen LogP contribution in [0.15, 0.2) is 29.2 Å². The molecule has 1 aromatic rings. The molecule has 16 heavy (non-hydrogen) atoms. The number of thioether (sulfide) groups is 1. The predicted octanol–water partition coefficient (Wildman–Crippen LogP) is 2.88. The molecule has 1 aliphatic rings. The van der Waals surface area contributed by atoms with E-state index < -0.39 is 0 Å². The number of para-hydroxylation sites is 1. The summed E-state index contributed by atoms with van der Waals surface area (Å²) in [7, 11) is 0. The van der Waals surface area contributed by atoms with Crippen LogP contribution in [0.25, 0.3) is 0 Å². The monoisotopic (exact) mass is 252 g/mol. The number of thiocarbonyl (C=S) groups is 1. The van der Waals surface area contributed by atoms with Crippen molar-refractivity contribution in [2.24, 2.45) is 0 Å². The van der Waals surface area contributed by atoms with Gasteiger partial charge in [0.25, 0.3) is 0 Å². The maximum absolute atomic E-state index is 5.42. The van der Waals surface area contributed by atoms with Crippen molar-refractivity contribution in [2.45, 2.75) is 18.2 Å². The second-order valence-corrected chi connectivity index (χ2v) is 5.22. The van der Waals surface area contributed by atoms with Crippen molar-refractivity contribution in [3.63, 3.8) is 0 Å². The molecule has 0 aromatic heterocycles. The molecule has 0 aliphatic carbocycles. The summed E-state index contributed by atoms with van der Waals surface area (Å²) in [5.41, 5.74) is 1.24. The van der Waals surface area contributed by atoms with Crippen LogP contribution in [0.5, 0.6) is 0 Å². The van der Waals surface area contributed by atoms with Crippen molar-refractivity contribution in [3.05, 3.63) is 24.3 Å². The Morgan fingerprint density at radius 3 is 3.12 bits per heavy atom. The third kappa shape index (κ3) is 2.50. The predicted molar refractivity (Wildman–Crippen MR) is 75.4 cm³/mol. The lowest BCUT2D eigenvalue weighted by Crippen LogP contribution is -2.42. The summed E-state index contributed by atoms with van der Waals surface area (Å²) in [6, 6.07) is 8.45. The van der Waals surface area contributed by atoms with Crippen molar-refractivity contribution in [1.29, 1.82) is 0 Å². The molecule has 0 spiro atoms. The largest absolute Gasteiger partial charge is 0.362 e. The first-order valence-corrected chi connectivity index (χ1v) is 6.99. The van der Waals surface area contributed by atoms with Crippen molar-refractivity contribution < 1.29 is 0 Å². The molecule has 0 saturated carbocycles. The van der Waals surface area contributed by atoms with Crippen molar-refractivity contribution >= 4 is 34.8 Å².